The molecule has 0 bridgehead atoms. The van der Waals surface area contributed by atoms with E-state index >= 15 is 0 Å². The van der Waals surface area contributed by atoms with Crippen molar-refractivity contribution in [3.63, 3.8) is 0 Å². The Kier molecular flexibility index (Phi) is 4.45. The first-order valence-corrected chi connectivity index (χ1v) is 9.29. The van der Waals surface area contributed by atoms with Crippen molar-refractivity contribution in [1.82, 2.24) is 15.8 Å². The number of rotatable bonds is 5. The molecule has 1 aliphatic carbocycles. The third-order valence-corrected chi connectivity index (χ3v) is 5.48. The minimum absolute atomic E-state index is 0.363. The summed E-state index contributed by atoms with van der Waals surface area (Å²) in [5, 5.41) is 3.64. The number of allylic oxidation sites excluding steroid dienone is 1. The molecule has 4 heteroatoms. The van der Waals surface area contributed by atoms with Crippen LogP contribution < -0.4 is 16.2 Å². The Morgan fingerprint density at radius 3 is 3.04 bits per heavy atom. The summed E-state index contributed by atoms with van der Waals surface area (Å²) in [4.78, 5) is 4.56. The van der Waals surface area contributed by atoms with Gasteiger partial charge in [0.05, 0.1) is 6.04 Å². The zero-order chi connectivity index (χ0) is 17.2. The normalized spacial score (nSPS) is 20.3. The van der Waals surface area contributed by atoms with Gasteiger partial charge in [-0.2, -0.15) is 0 Å². The number of fused-ring (bicyclic) bond motifs is 1. The van der Waals surface area contributed by atoms with Gasteiger partial charge in [0.2, 0.25) is 0 Å². The van der Waals surface area contributed by atoms with Gasteiger partial charge in [0, 0.05) is 18.4 Å². The van der Waals surface area contributed by atoms with Gasteiger partial charge in [-0.1, -0.05) is 38.1 Å². The van der Waals surface area contributed by atoms with Crippen molar-refractivity contribution in [2.75, 3.05) is 11.9 Å². The van der Waals surface area contributed by atoms with Crippen molar-refractivity contribution in [1.29, 1.82) is 0 Å². The first kappa shape index (κ1) is 16.2. The van der Waals surface area contributed by atoms with Gasteiger partial charge in [0.1, 0.15) is 5.82 Å². The SMILES string of the molecule is CCC(C)C1=C(c2ccnc(NC3CCc4ccccc43)c2)CNN1. The fourth-order valence-corrected chi connectivity index (χ4v) is 3.86. The molecule has 2 aliphatic rings. The number of aryl methyl sites for hydroxylation is 1. The van der Waals surface area contributed by atoms with Gasteiger partial charge in [0.25, 0.3) is 0 Å². The minimum Gasteiger partial charge on any atom is -0.363 e. The lowest BCUT2D eigenvalue weighted by atomic mass is 9.97. The molecule has 0 saturated heterocycles. The molecule has 25 heavy (non-hydrogen) atoms. The topological polar surface area (TPSA) is 49.0 Å². The van der Waals surface area contributed by atoms with Crippen LogP contribution in [0.3, 0.4) is 0 Å². The number of pyridine rings is 1. The second-order valence-corrected chi connectivity index (χ2v) is 7.04. The molecule has 2 atom stereocenters. The summed E-state index contributed by atoms with van der Waals surface area (Å²) in [6, 6.07) is 13.4. The van der Waals surface area contributed by atoms with Crippen LogP contribution in [0.15, 0.2) is 48.3 Å². The average molecular weight is 334 g/mol. The van der Waals surface area contributed by atoms with Gasteiger partial charge in [0.15, 0.2) is 0 Å². The van der Waals surface area contributed by atoms with Gasteiger partial charge < -0.3 is 10.7 Å². The highest BCUT2D eigenvalue weighted by Crippen LogP contribution is 2.34. The van der Waals surface area contributed by atoms with Crippen LogP contribution >= 0.6 is 0 Å². The Labute approximate surface area is 149 Å². The Hall–Kier alpha value is -2.33. The standard InChI is InChI=1S/C21H26N4/c1-3-14(2)21-18(13-23-25-21)16-10-11-22-20(12-16)24-19-9-8-15-6-4-5-7-17(15)19/h4-7,10-12,14,19,23,25H,3,8-9,13H2,1-2H3,(H,22,24). The average Bonchev–Trinajstić information content (AvgIpc) is 3.29. The maximum absolute atomic E-state index is 4.56. The third kappa shape index (κ3) is 3.14. The molecule has 4 nitrogen and oxygen atoms in total. The lowest BCUT2D eigenvalue weighted by Gasteiger charge is -2.16. The van der Waals surface area contributed by atoms with Crippen LogP contribution in [0.2, 0.25) is 0 Å². The van der Waals surface area contributed by atoms with Crippen LogP contribution in [0.25, 0.3) is 5.57 Å². The first-order valence-electron chi connectivity index (χ1n) is 9.29. The smallest absolute Gasteiger partial charge is 0.126 e. The first-order chi connectivity index (χ1) is 12.3. The maximum Gasteiger partial charge on any atom is 0.126 e. The number of nitrogens with zero attached hydrogens (tertiary/aromatic N) is 1. The Morgan fingerprint density at radius 2 is 2.16 bits per heavy atom. The van der Waals surface area contributed by atoms with E-state index in [2.05, 4.69) is 71.4 Å². The van der Waals surface area contributed by atoms with Crippen LogP contribution in [0.5, 0.6) is 0 Å². The molecule has 2 unspecified atom stereocenters. The van der Waals surface area contributed by atoms with E-state index in [1.165, 1.54) is 28.0 Å². The number of benzene rings is 1. The van der Waals surface area contributed by atoms with E-state index in [9.17, 15) is 0 Å². The number of nitrogens with one attached hydrogen (secondary N) is 3. The van der Waals surface area contributed by atoms with E-state index in [4.69, 9.17) is 0 Å². The van der Waals surface area contributed by atoms with E-state index in [1.807, 2.05) is 6.20 Å². The summed E-state index contributed by atoms with van der Waals surface area (Å²) >= 11 is 0. The fourth-order valence-electron chi connectivity index (χ4n) is 3.86. The van der Waals surface area contributed by atoms with Crippen molar-refractivity contribution in [2.24, 2.45) is 5.92 Å². The lowest BCUT2D eigenvalue weighted by molar-refractivity contribution is 0.571. The summed E-state index contributed by atoms with van der Waals surface area (Å²) in [6.07, 6.45) is 5.32. The molecule has 4 rings (SSSR count). The van der Waals surface area contributed by atoms with E-state index in [0.717, 1.165) is 31.6 Å². The number of hydrogen-bond acceptors (Lipinski definition) is 4. The molecular weight excluding hydrogens is 308 g/mol. The van der Waals surface area contributed by atoms with Crippen molar-refractivity contribution >= 4 is 11.4 Å². The van der Waals surface area contributed by atoms with Crippen LogP contribution in [0.1, 0.15) is 49.4 Å². The van der Waals surface area contributed by atoms with Crippen molar-refractivity contribution < 1.29 is 0 Å². The van der Waals surface area contributed by atoms with E-state index in [1.54, 1.807) is 0 Å². The molecule has 0 radical (unpaired) electrons. The van der Waals surface area contributed by atoms with Crippen LogP contribution in [-0.2, 0) is 6.42 Å². The third-order valence-electron chi connectivity index (χ3n) is 5.48. The Morgan fingerprint density at radius 1 is 1.28 bits per heavy atom. The van der Waals surface area contributed by atoms with Gasteiger partial charge in [-0.15, -0.1) is 0 Å². The Bertz CT molecular complexity index is 796. The van der Waals surface area contributed by atoms with Gasteiger partial charge in [-0.25, -0.2) is 10.4 Å². The van der Waals surface area contributed by atoms with Crippen LogP contribution in [0, 0.1) is 5.92 Å². The zero-order valence-electron chi connectivity index (χ0n) is 15.0. The van der Waals surface area contributed by atoms with E-state index in [-0.39, 0.29) is 0 Å². The highest BCUT2D eigenvalue weighted by Gasteiger charge is 2.23. The monoisotopic (exact) mass is 334 g/mol. The number of hydrogen-bond donors (Lipinski definition) is 3. The second-order valence-electron chi connectivity index (χ2n) is 7.04. The van der Waals surface area contributed by atoms with Crippen LogP contribution in [-0.4, -0.2) is 11.5 Å². The van der Waals surface area contributed by atoms with E-state index < -0.39 is 0 Å². The van der Waals surface area contributed by atoms with Gasteiger partial charge >= 0.3 is 0 Å². The molecule has 0 amide bonds. The predicted molar refractivity (Wildman–Crippen MR) is 103 cm³/mol. The molecule has 3 N–H and O–H groups in total. The van der Waals surface area contributed by atoms with Gasteiger partial charge in [-0.05, 0) is 59.6 Å². The minimum atomic E-state index is 0.363. The highest BCUT2D eigenvalue weighted by molar-refractivity contribution is 5.73. The summed E-state index contributed by atoms with van der Waals surface area (Å²) in [5.41, 5.74) is 13.4. The molecule has 1 aromatic carbocycles. The van der Waals surface area contributed by atoms with Crippen LogP contribution in [0.4, 0.5) is 5.82 Å². The summed E-state index contributed by atoms with van der Waals surface area (Å²) in [7, 11) is 0. The predicted octanol–water partition coefficient (Wildman–Crippen LogP) is 4.05. The lowest BCUT2D eigenvalue weighted by Crippen LogP contribution is -2.26. The maximum atomic E-state index is 4.56. The molecule has 130 valence electrons. The molecule has 1 aliphatic heterocycles. The number of anilines is 1. The molecule has 2 aromatic rings. The molecular formula is C21H26N4. The zero-order valence-corrected chi connectivity index (χ0v) is 15.0. The highest BCUT2D eigenvalue weighted by atomic mass is 15.4. The Balaban J connectivity index is 1.59. The molecule has 0 spiro atoms. The number of aromatic nitrogens is 1. The molecule has 0 fully saturated rings. The molecule has 0 saturated carbocycles. The quantitative estimate of drug-likeness (QED) is 0.772. The number of hydrazine groups is 1. The summed E-state index contributed by atoms with van der Waals surface area (Å²) in [5.74, 6) is 1.48. The van der Waals surface area contributed by atoms with Crippen molar-refractivity contribution in [2.45, 2.75) is 39.2 Å². The molecule has 1 aromatic heterocycles. The fraction of sp³-hybridized carbons (Fsp3) is 0.381. The summed E-state index contributed by atoms with van der Waals surface area (Å²) < 4.78 is 0. The second kappa shape index (κ2) is 6.89. The largest absolute Gasteiger partial charge is 0.363 e. The van der Waals surface area contributed by atoms with Crippen molar-refractivity contribution in [3.05, 3.63) is 65.0 Å². The van der Waals surface area contributed by atoms with Gasteiger partial charge in [-0.3, -0.25) is 0 Å². The van der Waals surface area contributed by atoms with E-state index in [0.29, 0.717) is 12.0 Å². The van der Waals surface area contributed by atoms with Crippen molar-refractivity contribution in [3.8, 4) is 0 Å². The summed E-state index contributed by atoms with van der Waals surface area (Å²) in [6.45, 7) is 5.35. The molecule has 2 heterocycles.